The minimum Gasteiger partial charge on any atom is -0.380 e. The Morgan fingerprint density at radius 3 is 2.68 bits per heavy atom. The van der Waals surface area contributed by atoms with Gasteiger partial charge in [-0.15, -0.1) is 11.8 Å². The highest BCUT2D eigenvalue weighted by Crippen LogP contribution is 2.31. The molecule has 0 saturated carbocycles. The van der Waals surface area contributed by atoms with Gasteiger partial charge in [0, 0.05) is 18.9 Å². The number of amides is 1. The van der Waals surface area contributed by atoms with Gasteiger partial charge in [-0.05, 0) is 24.6 Å². The van der Waals surface area contributed by atoms with Gasteiger partial charge >= 0.3 is 0 Å². The third-order valence-corrected chi connectivity index (χ3v) is 6.78. The highest BCUT2D eigenvalue weighted by molar-refractivity contribution is 7.99. The second-order valence-corrected chi connectivity index (χ2v) is 8.70. The molecule has 3 rings (SSSR count). The highest BCUT2D eigenvalue weighted by atomic mass is 35.5. The maximum atomic E-state index is 12.4. The molecule has 0 aliphatic heterocycles. The molecule has 1 aromatic heterocycles. The van der Waals surface area contributed by atoms with Crippen LogP contribution in [0.2, 0.25) is 10.0 Å². The Labute approximate surface area is 182 Å². The summed E-state index contributed by atoms with van der Waals surface area (Å²) in [5.74, 6) is 0.914. The van der Waals surface area contributed by atoms with Gasteiger partial charge in [0.1, 0.15) is 0 Å². The first-order chi connectivity index (χ1) is 13.6. The summed E-state index contributed by atoms with van der Waals surface area (Å²) in [6.45, 7) is 3.63. The quantitative estimate of drug-likeness (QED) is 0.427. The summed E-state index contributed by atoms with van der Waals surface area (Å²) in [5.41, 5.74) is 1.98. The van der Waals surface area contributed by atoms with Crippen molar-refractivity contribution >= 4 is 62.4 Å². The van der Waals surface area contributed by atoms with E-state index in [1.165, 1.54) is 16.9 Å². The van der Waals surface area contributed by atoms with Gasteiger partial charge in [0.25, 0.3) is 5.91 Å². The van der Waals surface area contributed by atoms with Crippen molar-refractivity contribution < 1.29 is 9.53 Å². The third kappa shape index (κ3) is 5.39. The Morgan fingerprint density at radius 1 is 1.18 bits per heavy atom. The second kappa shape index (κ2) is 10.5. The van der Waals surface area contributed by atoms with E-state index in [4.69, 9.17) is 27.9 Å². The van der Waals surface area contributed by atoms with Crippen LogP contribution in [0.1, 0.15) is 12.5 Å². The van der Waals surface area contributed by atoms with E-state index in [9.17, 15) is 4.79 Å². The Kier molecular flexibility index (Phi) is 8.00. The van der Waals surface area contributed by atoms with E-state index in [0.717, 1.165) is 16.0 Å². The summed E-state index contributed by atoms with van der Waals surface area (Å²) < 4.78 is 8.22. The summed E-state index contributed by atoms with van der Waals surface area (Å²) in [4.78, 5) is 17.4. The van der Waals surface area contributed by atoms with Gasteiger partial charge in [-0.3, -0.25) is 4.79 Å². The van der Waals surface area contributed by atoms with Gasteiger partial charge in [0.2, 0.25) is 0 Å². The molecule has 148 valence electrons. The van der Waals surface area contributed by atoms with Crippen LogP contribution >= 0.6 is 46.3 Å². The van der Waals surface area contributed by atoms with Gasteiger partial charge in [-0.25, -0.2) is 0 Å². The number of benzene rings is 2. The number of thioether (sulfide) groups is 1. The molecule has 0 spiro atoms. The Hall–Kier alpha value is -1.31. The average Bonchev–Trinajstić information content (AvgIpc) is 3.05. The van der Waals surface area contributed by atoms with Crippen molar-refractivity contribution in [2.24, 2.45) is 4.99 Å². The lowest BCUT2D eigenvalue weighted by molar-refractivity contribution is -0.115. The maximum absolute atomic E-state index is 12.4. The van der Waals surface area contributed by atoms with Crippen LogP contribution in [-0.4, -0.2) is 29.4 Å². The number of halogens is 2. The fourth-order valence-corrected chi connectivity index (χ4v) is 5.13. The van der Waals surface area contributed by atoms with Crippen molar-refractivity contribution in [1.29, 1.82) is 0 Å². The second-order valence-electron chi connectivity index (χ2n) is 5.92. The number of carbonyl (C=O) groups excluding carboxylic acids is 1. The number of nitrogens with zero attached hydrogens (tertiary/aromatic N) is 2. The van der Waals surface area contributed by atoms with E-state index in [2.05, 4.69) is 4.99 Å². The van der Waals surface area contributed by atoms with Gasteiger partial charge in [0.05, 0.1) is 32.6 Å². The predicted molar refractivity (Wildman–Crippen MR) is 120 cm³/mol. The van der Waals surface area contributed by atoms with Gasteiger partial charge in [-0.2, -0.15) is 4.99 Å². The van der Waals surface area contributed by atoms with E-state index in [0.29, 0.717) is 40.4 Å². The number of ether oxygens (including phenoxy) is 1. The molecule has 2 aromatic carbocycles. The molecule has 0 bridgehead atoms. The molecule has 0 saturated heterocycles. The summed E-state index contributed by atoms with van der Waals surface area (Å²) >= 11 is 15.7. The zero-order valence-electron chi connectivity index (χ0n) is 15.4. The van der Waals surface area contributed by atoms with E-state index < -0.39 is 0 Å². The van der Waals surface area contributed by atoms with Crippen LogP contribution in [0.4, 0.5) is 0 Å². The SMILES string of the molecule is CCOCCn1c(=NC(=O)CSCc2ccccc2)sc2c(Cl)ccc(Cl)c21. The Balaban J connectivity index is 1.83. The molecule has 0 radical (unpaired) electrons. The number of aromatic nitrogens is 1. The fraction of sp³-hybridized carbons (Fsp3) is 0.300. The monoisotopic (exact) mass is 454 g/mol. The summed E-state index contributed by atoms with van der Waals surface area (Å²) in [5, 5.41) is 1.18. The van der Waals surface area contributed by atoms with Gasteiger partial charge < -0.3 is 9.30 Å². The summed E-state index contributed by atoms with van der Waals surface area (Å²) in [7, 11) is 0. The first-order valence-electron chi connectivity index (χ1n) is 8.84. The molecule has 3 aromatic rings. The van der Waals surface area contributed by atoms with Crippen LogP contribution in [0.5, 0.6) is 0 Å². The smallest absolute Gasteiger partial charge is 0.258 e. The topological polar surface area (TPSA) is 43.6 Å². The zero-order chi connectivity index (χ0) is 19.9. The van der Waals surface area contributed by atoms with Crippen molar-refractivity contribution in [3.63, 3.8) is 0 Å². The van der Waals surface area contributed by atoms with Crippen LogP contribution in [0.15, 0.2) is 47.5 Å². The molecule has 8 heteroatoms. The van der Waals surface area contributed by atoms with Gasteiger partial charge in [0.15, 0.2) is 4.80 Å². The van der Waals surface area contributed by atoms with E-state index in [1.54, 1.807) is 23.9 Å². The molecule has 1 heterocycles. The lowest BCUT2D eigenvalue weighted by atomic mass is 10.2. The fourth-order valence-electron chi connectivity index (χ4n) is 2.67. The Morgan fingerprint density at radius 2 is 1.93 bits per heavy atom. The molecule has 0 unspecified atom stereocenters. The summed E-state index contributed by atoms with van der Waals surface area (Å²) in [6.07, 6.45) is 0. The van der Waals surface area contributed by atoms with E-state index >= 15 is 0 Å². The third-order valence-electron chi connectivity index (χ3n) is 3.95. The minimum absolute atomic E-state index is 0.176. The van der Waals surface area contributed by atoms with Crippen molar-refractivity contribution in [2.75, 3.05) is 19.0 Å². The Bertz CT molecular complexity index is 1020. The van der Waals surface area contributed by atoms with Crippen LogP contribution in [0, 0.1) is 0 Å². The number of fused-ring (bicyclic) bond motifs is 1. The molecule has 0 aliphatic rings. The van der Waals surface area contributed by atoms with Gasteiger partial charge in [-0.1, -0.05) is 64.9 Å². The standard InChI is InChI=1S/C20H20Cl2N2O2S2/c1-2-26-11-10-24-18-15(21)8-9-16(22)19(18)28-20(24)23-17(25)13-27-12-14-6-4-3-5-7-14/h3-9H,2,10-13H2,1H3. The molecule has 0 atom stereocenters. The zero-order valence-corrected chi connectivity index (χ0v) is 18.5. The summed E-state index contributed by atoms with van der Waals surface area (Å²) in [6, 6.07) is 13.6. The molecule has 4 nitrogen and oxygen atoms in total. The average molecular weight is 455 g/mol. The van der Waals surface area contributed by atoms with Crippen molar-refractivity contribution in [1.82, 2.24) is 4.57 Å². The predicted octanol–water partition coefficient (Wildman–Crippen LogP) is 5.41. The van der Waals surface area contributed by atoms with Crippen molar-refractivity contribution in [3.05, 3.63) is 62.9 Å². The van der Waals surface area contributed by atoms with Crippen molar-refractivity contribution in [2.45, 2.75) is 19.2 Å². The molecular weight excluding hydrogens is 435 g/mol. The first-order valence-corrected chi connectivity index (χ1v) is 11.6. The molecule has 0 aliphatic carbocycles. The number of hydrogen-bond acceptors (Lipinski definition) is 4. The van der Waals surface area contributed by atoms with Crippen LogP contribution in [-0.2, 0) is 21.8 Å². The molecular formula is C20H20Cl2N2O2S2. The first kappa shape index (κ1) is 21.4. The van der Waals surface area contributed by atoms with Crippen molar-refractivity contribution in [3.8, 4) is 0 Å². The number of rotatable bonds is 8. The number of carbonyl (C=O) groups is 1. The molecule has 28 heavy (non-hydrogen) atoms. The lowest BCUT2D eigenvalue weighted by Crippen LogP contribution is -2.20. The number of thiazole rings is 1. The molecule has 0 fully saturated rings. The molecule has 1 amide bonds. The van der Waals surface area contributed by atoms with E-state index in [1.807, 2.05) is 41.8 Å². The maximum Gasteiger partial charge on any atom is 0.258 e. The highest BCUT2D eigenvalue weighted by Gasteiger charge is 2.14. The van der Waals surface area contributed by atoms with Crippen LogP contribution in [0.3, 0.4) is 0 Å². The van der Waals surface area contributed by atoms with Crippen LogP contribution in [0.25, 0.3) is 10.2 Å². The minimum atomic E-state index is -0.176. The number of hydrogen-bond donors (Lipinski definition) is 0. The normalized spacial score (nSPS) is 12.0. The molecule has 0 N–H and O–H groups in total. The van der Waals surface area contributed by atoms with E-state index in [-0.39, 0.29) is 5.91 Å². The van der Waals surface area contributed by atoms with Crippen LogP contribution < -0.4 is 4.80 Å². The lowest BCUT2D eigenvalue weighted by Gasteiger charge is -2.07. The largest absolute Gasteiger partial charge is 0.380 e.